The minimum atomic E-state index is 0.293. The Balaban J connectivity index is 1.41. The Bertz CT molecular complexity index is 298. The first-order valence-electron chi connectivity index (χ1n) is 8.62. The molecule has 3 aliphatic rings. The maximum Gasteiger partial charge on any atom is 0.0697 e. The van der Waals surface area contributed by atoms with Crippen LogP contribution >= 0.6 is 0 Å². The van der Waals surface area contributed by atoms with Gasteiger partial charge in [-0.25, -0.2) is 0 Å². The third kappa shape index (κ3) is 3.35. The van der Waals surface area contributed by atoms with Crippen molar-refractivity contribution < 1.29 is 4.74 Å². The normalized spacial score (nSPS) is 31.4. The lowest BCUT2D eigenvalue weighted by Crippen LogP contribution is -2.56. The first-order valence-corrected chi connectivity index (χ1v) is 8.62. The van der Waals surface area contributed by atoms with Crippen LogP contribution in [0.5, 0.6) is 0 Å². The van der Waals surface area contributed by atoms with E-state index in [2.05, 4.69) is 9.80 Å². The van der Waals surface area contributed by atoms with Crippen molar-refractivity contribution in [2.75, 3.05) is 45.9 Å². The Hall–Kier alpha value is -0.160. The summed E-state index contributed by atoms with van der Waals surface area (Å²) in [5.41, 5.74) is 5.86. The Morgan fingerprint density at radius 2 is 1.90 bits per heavy atom. The third-order valence-corrected chi connectivity index (χ3v) is 5.58. The largest absolute Gasteiger partial charge is 0.375 e. The van der Waals surface area contributed by atoms with Crippen LogP contribution in [-0.4, -0.2) is 67.3 Å². The number of hydrogen-bond donors (Lipinski definition) is 1. The highest BCUT2D eigenvalue weighted by Gasteiger charge is 2.44. The number of ether oxygens (including phenoxy) is 1. The summed E-state index contributed by atoms with van der Waals surface area (Å²) in [4.78, 5) is 5.35. The number of unbranched alkanes of at least 4 members (excludes halogenated alkanes) is 1. The summed E-state index contributed by atoms with van der Waals surface area (Å²) < 4.78 is 6.06. The van der Waals surface area contributed by atoms with Crippen LogP contribution in [0.4, 0.5) is 0 Å². The second kappa shape index (κ2) is 6.73. The molecule has 3 fully saturated rings. The molecule has 116 valence electrons. The summed E-state index contributed by atoms with van der Waals surface area (Å²) >= 11 is 0. The molecule has 0 bridgehead atoms. The highest BCUT2D eigenvalue weighted by Crippen LogP contribution is 2.43. The molecule has 2 N–H and O–H groups in total. The van der Waals surface area contributed by atoms with E-state index in [4.69, 9.17) is 10.5 Å². The number of hydrogen-bond acceptors (Lipinski definition) is 4. The van der Waals surface area contributed by atoms with Crippen molar-refractivity contribution in [1.82, 2.24) is 9.80 Å². The second-order valence-corrected chi connectivity index (χ2v) is 6.91. The van der Waals surface area contributed by atoms with E-state index in [0.29, 0.717) is 5.60 Å². The predicted octanol–water partition coefficient (Wildman–Crippen LogP) is 1.44. The fourth-order valence-electron chi connectivity index (χ4n) is 4.06. The topological polar surface area (TPSA) is 41.7 Å². The highest BCUT2D eigenvalue weighted by molar-refractivity contribution is 4.97. The van der Waals surface area contributed by atoms with Gasteiger partial charge in [0.1, 0.15) is 0 Å². The molecule has 0 aromatic heterocycles. The van der Waals surface area contributed by atoms with E-state index < -0.39 is 0 Å². The van der Waals surface area contributed by atoms with Crippen molar-refractivity contribution in [1.29, 1.82) is 0 Å². The van der Waals surface area contributed by atoms with Gasteiger partial charge in [-0.1, -0.05) is 0 Å². The molecule has 1 atom stereocenters. The lowest BCUT2D eigenvalue weighted by atomic mass is 9.73. The van der Waals surface area contributed by atoms with Crippen LogP contribution < -0.4 is 5.73 Å². The van der Waals surface area contributed by atoms with Crippen molar-refractivity contribution in [2.45, 2.75) is 56.6 Å². The van der Waals surface area contributed by atoms with Crippen LogP contribution in [-0.2, 0) is 4.74 Å². The van der Waals surface area contributed by atoms with Crippen molar-refractivity contribution in [3.63, 3.8) is 0 Å². The highest BCUT2D eigenvalue weighted by atomic mass is 16.5. The molecule has 2 saturated heterocycles. The van der Waals surface area contributed by atoms with Crippen molar-refractivity contribution in [3.05, 3.63) is 0 Å². The minimum absolute atomic E-state index is 0.293. The summed E-state index contributed by atoms with van der Waals surface area (Å²) in [6, 6.07) is 0.787. The van der Waals surface area contributed by atoms with Gasteiger partial charge in [-0.05, 0) is 58.0 Å². The third-order valence-electron chi connectivity index (χ3n) is 5.58. The van der Waals surface area contributed by atoms with Gasteiger partial charge in [0.05, 0.1) is 5.60 Å². The first-order chi connectivity index (χ1) is 9.81. The molecule has 1 spiro atoms. The van der Waals surface area contributed by atoms with Crippen LogP contribution in [0.2, 0.25) is 0 Å². The van der Waals surface area contributed by atoms with Gasteiger partial charge < -0.3 is 15.4 Å². The molecule has 0 radical (unpaired) electrons. The molecule has 2 heterocycles. The zero-order valence-electron chi connectivity index (χ0n) is 12.9. The number of nitrogens with zero attached hydrogens (tertiary/aromatic N) is 2. The molecule has 0 aromatic rings. The van der Waals surface area contributed by atoms with Gasteiger partial charge in [-0.15, -0.1) is 0 Å². The summed E-state index contributed by atoms with van der Waals surface area (Å²) in [6.07, 6.45) is 8.96. The second-order valence-electron chi connectivity index (χ2n) is 6.91. The maximum atomic E-state index is 6.06. The fraction of sp³-hybridized carbons (Fsp3) is 1.00. The molecule has 3 rings (SSSR count). The van der Waals surface area contributed by atoms with Gasteiger partial charge in [0.2, 0.25) is 0 Å². The van der Waals surface area contributed by atoms with Crippen molar-refractivity contribution in [2.24, 2.45) is 5.73 Å². The van der Waals surface area contributed by atoms with Crippen LogP contribution in [0.15, 0.2) is 0 Å². The van der Waals surface area contributed by atoms with Crippen LogP contribution in [0, 0.1) is 0 Å². The monoisotopic (exact) mass is 281 g/mol. The van der Waals surface area contributed by atoms with Gasteiger partial charge in [0, 0.05) is 38.8 Å². The Kier molecular flexibility index (Phi) is 4.97. The van der Waals surface area contributed by atoms with Crippen LogP contribution in [0.3, 0.4) is 0 Å². The minimum Gasteiger partial charge on any atom is -0.375 e. The first kappa shape index (κ1) is 14.8. The lowest BCUT2D eigenvalue weighted by molar-refractivity contribution is -0.150. The predicted molar refractivity (Wildman–Crippen MR) is 81.9 cm³/mol. The summed E-state index contributed by atoms with van der Waals surface area (Å²) in [5.74, 6) is 0. The zero-order valence-corrected chi connectivity index (χ0v) is 12.9. The van der Waals surface area contributed by atoms with E-state index in [1.54, 1.807) is 0 Å². The van der Waals surface area contributed by atoms with Gasteiger partial charge in [0.25, 0.3) is 0 Å². The number of nitrogens with two attached hydrogens (primary N) is 1. The van der Waals surface area contributed by atoms with E-state index in [-0.39, 0.29) is 0 Å². The van der Waals surface area contributed by atoms with Crippen molar-refractivity contribution >= 4 is 0 Å². The van der Waals surface area contributed by atoms with E-state index in [1.165, 1.54) is 77.7 Å². The maximum absolute atomic E-state index is 6.06. The Labute approximate surface area is 123 Å². The summed E-state index contributed by atoms with van der Waals surface area (Å²) in [6.45, 7) is 8.06. The van der Waals surface area contributed by atoms with Crippen LogP contribution in [0.25, 0.3) is 0 Å². The zero-order chi connectivity index (χ0) is 13.8. The van der Waals surface area contributed by atoms with E-state index in [9.17, 15) is 0 Å². The molecule has 2 aliphatic heterocycles. The number of piperazine rings is 1. The average molecular weight is 281 g/mol. The summed E-state index contributed by atoms with van der Waals surface area (Å²) in [7, 11) is 0. The van der Waals surface area contributed by atoms with Crippen molar-refractivity contribution in [3.8, 4) is 0 Å². The molecule has 20 heavy (non-hydrogen) atoms. The average Bonchev–Trinajstić information content (AvgIpc) is 2.47. The molecule has 4 heteroatoms. The van der Waals surface area contributed by atoms with E-state index >= 15 is 0 Å². The van der Waals surface area contributed by atoms with E-state index in [0.717, 1.165) is 19.2 Å². The molecular formula is C16H31N3O. The van der Waals surface area contributed by atoms with E-state index in [1.807, 2.05) is 0 Å². The Morgan fingerprint density at radius 1 is 1.10 bits per heavy atom. The van der Waals surface area contributed by atoms with Gasteiger partial charge in [-0.3, -0.25) is 4.90 Å². The fourth-order valence-corrected chi connectivity index (χ4v) is 4.06. The molecule has 1 unspecified atom stereocenters. The van der Waals surface area contributed by atoms with Gasteiger partial charge in [-0.2, -0.15) is 0 Å². The summed E-state index contributed by atoms with van der Waals surface area (Å²) in [5, 5.41) is 0. The molecule has 1 saturated carbocycles. The van der Waals surface area contributed by atoms with Crippen LogP contribution in [0.1, 0.15) is 44.9 Å². The SMILES string of the molecule is NCCCCN1CCN(C2CCOC3(CCC3)C2)CC1. The molecular weight excluding hydrogens is 250 g/mol. The molecule has 1 aliphatic carbocycles. The number of rotatable bonds is 5. The lowest BCUT2D eigenvalue weighted by Gasteiger charge is -2.50. The molecule has 0 aromatic carbocycles. The van der Waals surface area contributed by atoms with Gasteiger partial charge in [0.15, 0.2) is 0 Å². The standard InChI is InChI=1S/C16H31N3O/c17-7-1-2-8-18-9-11-19(12-10-18)15-4-13-20-16(14-15)5-3-6-16/h15H,1-14,17H2. The Morgan fingerprint density at radius 3 is 2.55 bits per heavy atom. The smallest absolute Gasteiger partial charge is 0.0697 e. The van der Waals surface area contributed by atoms with Gasteiger partial charge >= 0.3 is 0 Å². The molecule has 0 amide bonds. The quantitative estimate of drug-likeness (QED) is 0.775. The molecule has 4 nitrogen and oxygen atoms in total.